The van der Waals surface area contributed by atoms with Crippen molar-refractivity contribution in [2.75, 3.05) is 0 Å². The third-order valence-electron chi connectivity index (χ3n) is 4.33. The second-order valence-electron chi connectivity index (χ2n) is 6.07. The Balaban J connectivity index is 1.73. The summed E-state index contributed by atoms with van der Waals surface area (Å²) in [5, 5.41) is 0.641. The molecule has 0 saturated heterocycles. The maximum Gasteiger partial charge on any atom is 0.217 e. The van der Waals surface area contributed by atoms with Gasteiger partial charge >= 0.3 is 0 Å². The van der Waals surface area contributed by atoms with Crippen molar-refractivity contribution >= 4 is 23.3 Å². The molecule has 0 aromatic heterocycles. The van der Waals surface area contributed by atoms with Gasteiger partial charge in [0.1, 0.15) is 0 Å². The molecule has 4 rings (SSSR count). The van der Waals surface area contributed by atoms with Gasteiger partial charge in [-0.25, -0.2) is 4.99 Å². The molecule has 0 aliphatic carbocycles. The number of hydrogen-bond acceptors (Lipinski definition) is 3. The fourth-order valence-electron chi connectivity index (χ4n) is 3.00. The molecule has 0 N–H and O–H groups in total. The summed E-state index contributed by atoms with van der Waals surface area (Å²) in [6, 6.07) is 25.5. The summed E-state index contributed by atoms with van der Waals surface area (Å²) in [6.07, 6.45) is -0.477. The van der Waals surface area contributed by atoms with Crippen molar-refractivity contribution in [1.82, 2.24) is 0 Å². The molecule has 0 saturated carbocycles. The fraction of sp³-hybridized carbons (Fsp3) is 0.0909. The van der Waals surface area contributed by atoms with Gasteiger partial charge in [-0.2, -0.15) is 0 Å². The molecule has 1 aliphatic rings. The van der Waals surface area contributed by atoms with Crippen molar-refractivity contribution in [3.8, 4) is 0 Å². The average Bonchev–Trinajstić information content (AvgIpc) is 3.15. The predicted octanol–water partition coefficient (Wildman–Crippen LogP) is 5.11. The standard InChI is InChI=1S/C22H16ClNO2/c23-18-13-11-16(12-14-18)21-19(20(25)15-7-3-1-4-8-15)24-22(26-21)17-9-5-2-6-10-17/h1-14,19,21H/t19-,21-/m1/s1. The summed E-state index contributed by atoms with van der Waals surface area (Å²) in [5.41, 5.74) is 2.35. The number of rotatable bonds is 4. The van der Waals surface area contributed by atoms with Crippen molar-refractivity contribution in [3.05, 3.63) is 107 Å². The Morgan fingerprint density at radius 1 is 0.846 bits per heavy atom. The van der Waals surface area contributed by atoms with E-state index in [4.69, 9.17) is 16.3 Å². The molecule has 1 aliphatic heterocycles. The van der Waals surface area contributed by atoms with Crippen LogP contribution in [-0.2, 0) is 4.74 Å². The third kappa shape index (κ3) is 3.26. The van der Waals surface area contributed by atoms with E-state index in [1.165, 1.54) is 0 Å². The Kier molecular flexibility index (Phi) is 4.55. The molecule has 3 aromatic rings. The summed E-state index contributed by atoms with van der Waals surface area (Å²) >= 11 is 6.00. The molecule has 0 amide bonds. The molecule has 0 fully saturated rings. The maximum absolute atomic E-state index is 13.1. The summed E-state index contributed by atoms with van der Waals surface area (Å²) in [6.45, 7) is 0. The first kappa shape index (κ1) is 16.6. The van der Waals surface area contributed by atoms with Gasteiger partial charge in [-0.05, 0) is 29.8 Å². The predicted molar refractivity (Wildman–Crippen MR) is 103 cm³/mol. The first-order chi connectivity index (χ1) is 12.7. The molecule has 128 valence electrons. The fourth-order valence-corrected chi connectivity index (χ4v) is 3.13. The first-order valence-electron chi connectivity index (χ1n) is 8.37. The van der Waals surface area contributed by atoms with Gasteiger partial charge < -0.3 is 4.74 Å². The lowest BCUT2D eigenvalue weighted by molar-refractivity contribution is 0.0890. The molecular formula is C22H16ClNO2. The largest absolute Gasteiger partial charge is 0.466 e. The van der Waals surface area contributed by atoms with Gasteiger partial charge in [-0.15, -0.1) is 0 Å². The van der Waals surface area contributed by atoms with E-state index >= 15 is 0 Å². The van der Waals surface area contributed by atoms with E-state index in [1.807, 2.05) is 60.7 Å². The van der Waals surface area contributed by atoms with Gasteiger partial charge in [0.25, 0.3) is 0 Å². The van der Waals surface area contributed by atoms with Crippen LogP contribution >= 0.6 is 11.6 Å². The second kappa shape index (κ2) is 7.14. The Morgan fingerprint density at radius 2 is 1.46 bits per heavy atom. The van der Waals surface area contributed by atoms with Crippen LogP contribution in [0.1, 0.15) is 27.6 Å². The minimum absolute atomic E-state index is 0.0588. The smallest absolute Gasteiger partial charge is 0.217 e. The highest BCUT2D eigenvalue weighted by atomic mass is 35.5. The molecule has 26 heavy (non-hydrogen) atoms. The Morgan fingerprint density at radius 3 is 2.12 bits per heavy atom. The van der Waals surface area contributed by atoms with E-state index in [0.717, 1.165) is 11.1 Å². The number of hydrogen-bond donors (Lipinski definition) is 0. The highest BCUT2D eigenvalue weighted by Gasteiger charge is 2.38. The highest BCUT2D eigenvalue weighted by molar-refractivity contribution is 6.30. The Labute approximate surface area is 156 Å². The van der Waals surface area contributed by atoms with E-state index in [0.29, 0.717) is 16.5 Å². The first-order valence-corrected chi connectivity index (χ1v) is 8.75. The minimum Gasteiger partial charge on any atom is -0.466 e. The molecule has 1 heterocycles. The summed E-state index contributed by atoms with van der Waals surface area (Å²) in [7, 11) is 0. The third-order valence-corrected chi connectivity index (χ3v) is 4.58. The molecule has 0 unspecified atom stereocenters. The van der Waals surface area contributed by atoms with Crippen LogP contribution in [0.25, 0.3) is 0 Å². The zero-order valence-electron chi connectivity index (χ0n) is 13.9. The molecule has 0 spiro atoms. The van der Waals surface area contributed by atoms with E-state index in [9.17, 15) is 4.79 Å². The molecule has 3 aromatic carbocycles. The lowest BCUT2D eigenvalue weighted by Gasteiger charge is -2.17. The number of halogens is 1. The van der Waals surface area contributed by atoms with Gasteiger partial charge in [0.15, 0.2) is 17.9 Å². The normalized spacial score (nSPS) is 18.9. The average molecular weight is 362 g/mol. The number of ether oxygens (including phenoxy) is 1. The van der Waals surface area contributed by atoms with Crippen molar-refractivity contribution in [3.63, 3.8) is 0 Å². The van der Waals surface area contributed by atoms with Crippen LogP contribution in [0.4, 0.5) is 0 Å². The number of carbonyl (C=O) groups is 1. The summed E-state index contributed by atoms with van der Waals surface area (Å²) in [4.78, 5) is 17.7. The van der Waals surface area contributed by atoms with Gasteiger partial charge in [-0.1, -0.05) is 72.3 Å². The lowest BCUT2D eigenvalue weighted by Crippen LogP contribution is -2.24. The van der Waals surface area contributed by atoms with Gasteiger partial charge in [-0.3, -0.25) is 4.79 Å². The number of carbonyl (C=O) groups excluding carboxylic acids is 1. The Bertz CT molecular complexity index is 937. The number of benzene rings is 3. The number of nitrogens with zero attached hydrogens (tertiary/aromatic N) is 1. The van der Waals surface area contributed by atoms with Crippen LogP contribution in [0.5, 0.6) is 0 Å². The molecule has 4 heteroatoms. The zero-order chi connectivity index (χ0) is 17.9. The van der Waals surface area contributed by atoms with Crippen LogP contribution in [-0.4, -0.2) is 17.7 Å². The summed E-state index contributed by atoms with van der Waals surface area (Å²) in [5.74, 6) is 0.427. The maximum atomic E-state index is 13.1. The Hall–Kier alpha value is -2.91. The molecule has 0 radical (unpaired) electrons. The molecular weight excluding hydrogens is 346 g/mol. The molecule has 3 nitrogen and oxygen atoms in total. The van der Waals surface area contributed by atoms with Crippen LogP contribution in [0.3, 0.4) is 0 Å². The van der Waals surface area contributed by atoms with E-state index in [-0.39, 0.29) is 5.78 Å². The van der Waals surface area contributed by atoms with Crippen LogP contribution in [0.15, 0.2) is 89.9 Å². The van der Waals surface area contributed by atoms with E-state index in [2.05, 4.69) is 4.99 Å². The van der Waals surface area contributed by atoms with Crippen LogP contribution in [0.2, 0.25) is 5.02 Å². The summed E-state index contributed by atoms with van der Waals surface area (Å²) < 4.78 is 6.11. The monoisotopic (exact) mass is 361 g/mol. The van der Waals surface area contributed by atoms with Gasteiger partial charge in [0.2, 0.25) is 5.90 Å². The van der Waals surface area contributed by atoms with Crippen LogP contribution in [0, 0.1) is 0 Å². The van der Waals surface area contributed by atoms with Crippen molar-refractivity contribution in [1.29, 1.82) is 0 Å². The topological polar surface area (TPSA) is 38.7 Å². The quantitative estimate of drug-likeness (QED) is 0.606. The minimum atomic E-state index is -0.631. The SMILES string of the molecule is O=C(c1ccccc1)[C@H]1N=C(c2ccccc2)O[C@@H]1c1ccc(Cl)cc1. The van der Waals surface area contributed by atoms with Crippen molar-refractivity contribution in [2.45, 2.75) is 12.1 Å². The number of aliphatic imine (C=N–C) groups is 1. The number of ketones is 1. The van der Waals surface area contributed by atoms with E-state index in [1.54, 1.807) is 24.3 Å². The van der Waals surface area contributed by atoms with Gasteiger partial charge in [0, 0.05) is 16.1 Å². The highest BCUT2D eigenvalue weighted by Crippen LogP contribution is 2.33. The van der Waals surface area contributed by atoms with Gasteiger partial charge in [0.05, 0.1) is 0 Å². The number of Topliss-reactive ketones (excluding diaryl/α,β-unsaturated/α-hetero) is 1. The second-order valence-corrected chi connectivity index (χ2v) is 6.50. The van der Waals surface area contributed by atoms with Crippen molar-refractivity contribution < 1.29 is 9.53 Å². The molecule has 2 atom stereocenters. The lowest BCUT2D eigenvalue weighted by atomic mass is 9.96. The molecule has 0 bridgehead atoms. The zero-order valence-corrected chi connectivity index (χ0v) is 14.6. The van der Waals surface area contributed by atoms with Crippen LogP contribution < -0.4 is 0 Å². The van der Waals surface area contributed by atoms with E-state index < -0.39 is 12.1 Å². The van der Waals surface area contributed by atoms with Crippen molar-refractivity contribution in [2.24, 2.45) is 4.99 Å².